The molecular formula is C49H80N12O18P+. The van der Waals surface area contributed by atoms with Gasteiger partial charge in [-0.15, -0.1) is 0 Å². The van der Waals surface area contributed by atoms with Crippen molar-refractivity contribution >= 4 is 61.1 Å². The van der Waals surface area contributed by atoms with E-state index in [-0.39, 0.29) is 60.9 Å². The van der Waals surface area contributed by atoms with Gasteiger partial charge in [-0.2, -0.15) is 0 Å². The molecule has 0 aromatic heterocycles. The predicted molar refractivity (Wildman–Crippen MR) is 287 cm³/mol. The Morgan fingerprint density at radius 3 is 1.51 bits per heavy atom. The highest BCUT2D eigenvalue weighted by atomic mass is 31.2. The van der Waals surface area contributed by atoms with Gasteiger partial charge < -0.3 is 94.4 Å². The minimum Gasteiger partial charge on any atom is -0.508 e. The van der Waals surface area contributed by atoms with Crippen LogP contribution in [-0.4, -0.2) is 208 Å². The van der Waals surface area contributed by atoms with Crippen LogP contribution < -0.4 is 54.4 Å². The van der Waals surface area contributed by atoms with Crippen LogP contribution >= 0.6 is 7.82 Å². The van der Waals surface area contributed by atoms with Crippen molar-refractivity contribution in [3.63, 3.8) is 0 Å². The highest BCUT2D eigenvalue weighted by molar-refractivity contribution is 7.47. The van der Waals surface area contributed by atoms with E-state index >= 15 is 0 Å². The summed E-state index contributed by atoms with van der Waals surface area (Å²) in [5.74, 6) is -10.6. The number of nitrogens with one attached hydrogen (secondary N) is 7. The number of phosphoric acid groups is 1. The minimum absolute atomic E-state index is 0.0183. The molecule has 12 atom stereocenters. The highest BCUT2D eigenvalue weighted by Gasteiger charge is 2.38. The van der Waals surface area contributed by atoms with Crippen molar-refractivity contribution in [2.24, 2.45) is 28.1 Å². The van der Waals surface area contributed by atoms with Gasteiger partial charge in [0.15, 0.2) is 5.96 Å². The number of aliphatic imine (C=N–C) groups is 1. The Morgan fingerprint density at radius 1 is 0.637 bits per heavy atom. The maximum absolute atomic E-state index is 14.5. The molecule has 0 saturated carbocycles. The summed E-state index contributed by atoms with van der Waals surface area (Å²) in [4.78, 5) is 124. The van der Waals surface area contributed by atoms with Crippen molar-refractivity contribution in [3.05, 3.63) is 59.7 Å². The Bertz CT molecular complexity index is 2460. The maximum atomic E-state index is 14.5. The van der Waals surface area contributed by atoms with Crippen LogP contribution in [0.25, 0.3) is 0 Å². The summed E-state index contributed by atoms with van der Waals surface area (Å²) < 4.78 is 23.7. The van der Waals surface area contributed by atoms with E-state index in [0.29, 0.717) is 17.5 Å². The standard InChI is InChI=1S/C49H79N12O18P/c1-8-26(2)39(59-45(71)38(50)27(3)63)46(72)60-40(28(4)64)47(73)57-36(24-62)43(69)58-37(25-79-80(76,77)78-21-20-61(5,6)7)44(70)56-35(23-30-13-17-32(66)18-14-30)42(68)55-34(22-29-11-15-31(65)16-12-29)41(67)54-33(48(74)75)10-9-19-53-49(51)52/h11-18,26-28,33-40,62-64H,8-10,19-25,50H2,1-7H3,(H14-,51,52,53,54,55,56,57,58,59,60,65,66,67,68,69,70,71,72,73,74,75,76,77)/p+1/t26-,27+,28+,33-,34-,35-,36-,37-,38-,39-,40-/m0/s1. The Morgan fingerprint density at radius 2 is 1.07 bits per heavy atom. The fraction of sp³-hybridized carbons (Fsp3) is 0.571. The quantitative estimate of drug-likeness (QED) is 0.0101. The van der Waals surface area contributed by atoms with Crippen molar-refractivity contribution < 1.29 is 92.0 Å². The number of rotatable bonds is 35. The van der Waals surface area contributed by atoms with E-state index in [2.05, 4.69) is 42.2 Å². The van der Waals surface area contributed by atoms with Crippen LogP contribution in [0.15, 0.2) is 53.5 Å². The molecule has 80 heavy (non-hydrogen) atoms. The number of nitrogens with two attached hydrogens (primary N) is 3. The number of aromatic hydroxyl groups is 2. The van der Waals surface area contributed by atoms with E-state index in [1.165, 1.54) is 55.5 Å². The predicted octanol–water partition coefficient (Wildman–Crippen LogP) is -4.62. The molecule has 1 unspecified atom stereocenters. The van der Waals surface area contributed by atoms with Gasteiger partial charge in [0.1, 0.15) is 73.0 Å². The fourth-order valence-corrected chi connectivity index (χ4v) is 7.82. The lowest BCUT2D eigenvalue weighted by Crippen LogP contribution is -2.63. The number of hydrogen-bond donors (Lipinski definition) is 17. The number of carboxylic acids is 1. The average molecular weight is 1160 g/mol. The summed E-state index contributed by atoms with van der Waals surface area (Å²) in [7, 11) is 0.225. The van der Waals surface area contributed by atoms with Crippen LogP contribution in [0.3, 0.4) is 0 Å². The summed E-state index contributed by atoms with van der Waals surface area (Å²) in [5.41, 5.74) is 17.1. The molecule has 0 spiro atoms. The molecule has 20 N–H and O–H groups in total. The zero-order valence-electron chi connectivity index (χ0n) is 45.7. The number of hydrogen-bond acceptors (Lipinski definition) is 18. The number of amides is 7. The Labute approximate surface area is 462 Å². The lowest BCUT2D eigenvalue weighted by molar-refractivity contribution is -0.870. The van der Waals surface area contributed by atoms with Gasteiger partial charge in [-0.25, -0.2) is 9.36 Å². The third-order valence-corrected chi connectivity index (χ3v) is 13.1. The van der Waals surface area contributed by atoms with Gasteiger partial charge in [-0.05, 0) is 68.0 Å². The number of guanidine groups is 1. The minimum atomic E-state index is -5.05. The number of aliphatic carboxylic acids is 1. The number of benzene rings is 2. The first-order chi connectivity index (χ1) is 37.3. The highest BCUT2D eigenvalue weighted by Crippen LogP contribution is 2.43. The van der Waals surface area contributed by atoms with Gasteiger partial charge in [0, 0.05) is 19.4 Å². The maximum Gasteiger partial charge on any atom is 0.472 e. The summed E-state index contributed by atoms with van der Waals surface area (Å²) in [6.45, 7) is 3.12. The van der Waals surface area contributed by atoms with E-state index in [4.69, 9.17) is 26.2 Å². The smallest absolute Gasteiger partial charge is 0.472 e. The number of carboxylic acid groups (broad SMARTS) is 1. The van der Waals surface area contributed by atoms with Gasteiger partial charge >= 0.3 is 13.8 Å². The van der Waals surface area contributed by atoms with Crippen LogP contribution in [0.4, 0.5) is 0 Å². The first kappa shape index (κ1) is 69.1. The fourth-order valence-electron chi connectivity index (χ4n) is 7.10. The van der Waals surface area contributed by atoms with Gasteiger partial charge in [-0.3, -0.25) is 47.6 Å². The molecule has 0 bridgehead atoms. The Kier molecular flexibility index (Phi) is 28.4. The third-order valence-electron chi connectivity index (χ3n) is 12.1. The van der Waals surface area contributed by atoms with Crippen molar-refractivity contribution in [1.29, 1.82) is 0 Å². The van der Waals surface area contributed by atoms with Crippen molar-refractivity contribution in [3.8, 4) is 11.5 Å². The molecule has 2 aromatic carbocycles. The van der Waals surface area contributed by atoms with E-state index in [9.17, 15) is 78.5 Å². The molecule has 31 heteroatoms. The molecule has 0 aliphatic rings. The molecule has 0 saturated heterocycles. The molecule has 448 valence electrons. The number of nitrogens with zero attached hydrogens (tertiary/aromatic N) is 2. The van der Waals surface area contributed by atoms with E-state index in [0.717, 1.165) is 6.92 Å². The second kappa shape index (κ2) is 32.9. The molecule has 0 fully saturated rings. The summed E-state index contributed by atoms with van der Waals surface area (Å²) in [5, 5.41) is 77.2. The molecule has 0 aliphatic carbocycles. The molecule has 2 rings (SSSR count). The van der Waals surface area contributed by atoms with Crippen LogP contribution in [0.5, 0.6) is 11.5 Å². The molecule has 0 radical (unpaired) electrons. The first-order valence-corrected chi connectivity index (χ1v) is 26.9. The number of carbonyl (C=O) groups is 8. The number of carbonyl (C=O) groups excluding carboxylic acids is 7. The molecule has 7 amide bonds. The van der Waals surface area contributed by atoms with Crippen molar-refractivity contribution in [2.45, 2.75) is 120 Å². The van der Waals surface area contributed by atoms with E-state index in [1.807, 2.05) is 0 Å². The third kappa shape index (κ3) is 25.0. The summed E-state index contributed by atoms with van der Waals surface area (Å²) in [6, 6.07) is -2.91. The number of likely N-dealkylation sites (N-methyl/N-ethyl adjacent to an activating group) is 1. The van der Waals surface area contributed by atoms with Gasteiger partial charge in [-0.1, -0.05) is 44.5 Å². The van der Waals surface area contributed by atoms with Gasteiger partial charge in [0.05, 0.1) is 46.6 Å². The summed E-state index contributed by atoms with van der Waals surface area (Å²) in [6.07, 6.45) is -3.47. The van der Waals surface area contributed by atoms with Crippen LogP contribution in [0, 0.1) is 5.92 Å². The Hall–Kier alpha value is -7.02. The molecule has 2 aromatic rings. The second-order valence-corrected chi connectivity index (χ2v) is 21.4. The second-order valence-electron chi connectivity index (χ2n) is 20.0. The largest absolute Gasteiger partial charge is 0.508 e. The lowest BCUT2D eigenvalue weighted by Gasteiger charge is -2.29. The van der Waals surface area contributed by atoms with E-state index in [1.54, 1.807) is 35.0 Å². The van der Waals surface area contributed by atoms with E-state index < -0.39 is 141 Å². The Balaban J connectivity index is 2.61. The molecule has 0 aliphatic heterocycles. The number of phenolic OH excluding ortho intramolecular Hbond substituents is 2. The lowest BCUT2D eigenvalue weighted by atomic mass is 9.97. The first-order valence-electron chi connectivity index (χ1n) is 25.4. The number of phenols is 2. The van der Waals surface area contributed by atoms with Crippen molar-refractivity contribution in [1.82, 2.24) is 37.2 Å². The van der Waals surface area contributed by atoms with Crippen LogP contribution in [0.2, 0.25) is 0 Å². The molecule has 0 heterocycles. The topological polar surface area (TPSA) is 488 Å². The van der Waals surface area contributed by atoms with Crippen LogP contribution in [0.1, 0.15) is 58.1 Å². The number of phosphoric ester groups is 1. The zero-order chi connectivity index (χ0) is 60.7. The number of aliphatic hydroxyl groups excluding tert-OH is 3. The van der Waals surface area contributed by atoms with Gasteiger partial charge in [0.25, 0.3) is 0 Å². The summed E-state index contributed by atoms with van der Waals surface area (Å²) >= 11 is 0. The van der Waals surface area contributed by atoms with Gasteiger partial charge in [0.2, 0.25) is 41.4 Å². The van der Waals surface area contributed by atoms with Crippen LogP contribution in [-0.2, 0) is 64.8 Å². The SMILES string of the molecule is CC[C@H](C)[C@H](NC(=O)[C@@H](N)[C@@H](C)O)C(=O)N[C@H](C(=O)N[C@@H](CO)C(=O)N[C@@H](COP(=O)(O)OCC[N+](C)(C)C)C(=O)N[C@@H](Cc1ccc(O)cc1)C(=O)N[C@@H](Cc1ccc(O)cc1)C(=O)N[C@@H](CCCN=C(N)N)C(=O)O)[C@@H](C)O. The number of aliphatic hydroxyl groups is 3. The molecule has 30 nitrogen and oxygen atoms in total. The average Bonchev–Trinajstić information content (AvgIpc) is 3.37. The number of quaternary nitrogens is 1. The zero-order valence-corrected chi connectivity index (χ0v) is 46.6. The van der Waals surface area contributed by atoms with Crippen molar-refractivity contribution in [2.75, 3.05) is 54.1 Å². The normalized spacial score (nSPS) is 16.4. The molecular weight excluding hydrogens is 1080 g/mol. The monoisotopic (exact) mass is 1160 g/mol.